The topological polar surface area (TPSA) is 40.7 Å². The van der Waals surface area contributed by atoms with Crippen molar-refractivity contribution in [3.8, 4) is 0 Å². The molecule has 2 N–H and O–H groups in total. The molecule has 1 aromatic heterocycles. The number of aryl methyl sites for hydroxylation is 4. The molecular formula is C15H20FN3. The predicted octanol–water partition coefficient (Wildman–Crippen LogP) is 3.07. The first-order valence-corrected chi connectivity index (χ1v) is 6.46. The molecule has 0 radical (unpaired) electrons. The summed E-state index contributed by atoms with van der Waals surface area (Å²) in [6.07, 6.45) is 0. The fraction of sp³-hybridized carbons (Fsp3) is 0.400. The van der Waals surface area contributed by atoms with Crippen LogP contribution in [0.3, 0.4) is 0 Å². The Hall–Kier alpha value is -1.68. The quantitative estimate of drug-likeness (QED) is 0.888. The van der Waals surface area contributed by atoms with E-state index in [0.29, 0.717) is 11.1 Å². The van der Waals surface area contributed by atoms with Crippen LogP contribution >= 0.6 is 0 Å². The highest BCUT2D eigenvalue weighted by atomic mass is 19.1. The lowest BCUT2D eigenvalue weighted by molar-refractivity contribution is 0.606. The summed E-state index contributed by atoms with van der Waals surface area (Å²) in [4.78, 5) is 0. The number of halogens is 1. The molecule has 102 valence electrons. The second-order valence-electron chi connectivity index (χ2n) is 5.06. The summed E-state index contributed by atoms with van der Waals surface area (Å²) in [7, 11) is 0. The van der Waals surface area contributed by atoms with Gasteiger partial charge in [-0.15, -0.1) is 0 Å². The highest BCUT2D eigenvalue weighted by Gasteiger charge is 2.07. The number of hydrogen-bond donors (Lipinski definition) is 2. The fourth-order valence-electron chi connectivity index (χ4n) is 2.30. The van der Waals surface area contributed by atoms with Crippen LogP contribution in [-0.4, -0.2) is 10.2 Å². The van der Waals surface area contributed by atoms with Gasteiger partial charge in [0.25, 0.3) is 0 Å². The maximum atomic E-state index is 13.5. The zero-order valence-corrected chi connectivity index (χ0v) is 11.9. The molecule has 1 heterocycles. The van der Waals surface area contributed by atoms with E-state index >= 15 is 0 Å². The number of rotatable bonds is 4. The van der Waals surface area contributed by atoms with Gasteiger partial charge < -0.3 is 5.32 Å². The predicted molar refractivity (Wildman–Crippen MR) is 74.5 cm³/mol. The molecule has 0 aliphatic heterocycles. The van der Waals surface area contributed by atoms with Gasteiger partial charge in [-0.3, -0.25) is 5.10 Å². The fourth-order valence-corrected chi connectivity index (χ4v) is 2.30. The zero-order valence-electron chi connectivity index (χ0n) is 11.9. The average Bonchev–Trinajstić information content (AvgIpc) is 2.67. The van der Waals surface area contributed by atoms with Gasteiger partial charge >= 0.3 is 0 Å². The zero-order chi connectivity index (χ0) is 14.0. The Labute approximate surface area is 113 Å². The maximum absolute atomic E-state index is 13.5. The summed E-state index contributed by atoms with van der Waals surface area (Å²) in [5.41, 5.74) is 5.83. The van der Waals surface area contributed by atoms with Gasteiger partial charge in [-0.1, -0.05) is 12.1 Å². The molecule has 3 nitrogen and oxygen atoms in total. The number of aromatic amines is 1. The van der Waals surface area contributed by atoms with Crippen LogP contribution in [0.2, 0.25) is 0 Å². The largest absolute Gasteiger partial charge is 0.308 e. The van der Waals surface area contributed by atoms with E-state index in [-0.39, 0.29) is 5.82 Å². The summed E-state index contributed by atoms with van der Waals surface area (Å²) in [6, 6.07) is 3.79. The van der Waals surface area contributed by atoms with Crippen LogP contribution < -0.4 is 5.32 Å². The van der Waals surface area contributed by atoms with E-state index in [9.17, 15) is 4.39 Å². The lowest BCUT2D eigenvalue weighted by Crippen LogP contribution is -2.14. The molecule has 0 saturated heterocycles. The molecule has 0 aliphatic rings. The smallest absolute Gasteiger partial charge is 0.129 e. The van der Waals surface area contributed by atoms with Gasteiger partial charge in [-0.05, 0) is 44.4 Å². The van der Waals surface area contributed by atoms with Gasteiger partial charge in [0.05, 0.1) is 5.69 Å². The molecule has 0 amide bonds. The van der Waals surface area contributed by atoms with Gasteiger partial charge in [-0.2, -0.15) is 5.10 Å². The molecule has 0 aliphatic carbocycles. The first-order chi connectivity index (χ1) is 8.99. The molecule has 19 heavy (non-hydrogen) atoms. The molecule has 2 rings (SSSR count). The number of benzene rings is 1. The molecule has 0 saturated carbocycles. The number of hydrogen-bond acceptors (Lipinski definition) is 2. The highest BCUT2D eigenvalue weighted by molar-refractivity contribution is 5.30. The Morgan fingerprint density at radius 2 is 1.74 bits per heavy atom. The first kappa shape index (κ1) is 13.7. The van der Waals surface area contributed by atoms with Gasteiger partial charge in [-0.25, -0.2) is 4.39 Å². The molecule has 1 aromatic carbocycles. The van der Waals surface area contributed by atoms with E-state index < -0.39 is 0 Å². The second kappa shape index (κ2) is 5.53. The monoisotopic (exact) mass is 261 g/mol. The van der Waals surface area contributed by atoms with Crippen molar-refractivity contribution in [3.63, 3.8) is 0 Å². The van der Waals surface area contributed by atoms with Crippen LogP contribution in [0.1, 0.15) is 33.6 Å². The average molecular weight is 261 g/mol. The molecule has 0 fully saturated rings. The summed E-state index contributed by atoms with van der Waals surface area (Å²) < 4.78 is 13.5. The molecule has 0 unspecified atom stereocenters. The van der Waals surface area contributed by atoms with Crippen molar-refractivity contribution < 1.29 is 4.39 Å². The third-order valence-electron chi connectivity index (χ3n) is 3.41. The molecule has 0 atom stereocenters. The number of nitrogens with one attached hydrogen (secondary N) is 2. The van der Waals surface area contributed by atoms with Crippen molar-refractivity contribution >= 4 is 0 Å². The normalized spacial score (nSPS) is 11.0. The van der Waals surface area contributed by atoms with E-state index in [4.69, 9.17) is 0 Å². The summed E-state index contributed by atoms with van der Waals surface area (Å²) in [5.74, 6) is -0.106. The number of nitrogens with zero attached hydrogens (tertiary/aromatic N) is 1. The second-order valence-corrected chi connectivity index (χ2v) is 5.06. The van der Waals surface area contributed by atoms with Crippen LogP contribution in [-0.2, 0) is 13.1 Å². The van der Waals surface area contributed by atoms with E-state index in [1.807, 2.05) is 26.0 Å². The van der Waals surface area contributed by atoms with Crippen LogP contribution in [0, 0.1) is 33.5 Å². The highest BCUT2D eigenvalue weighted by Crippen LogP contribution is 2.15. The minimum Gasteiger partial charge on any atom is -0.308 e. The van der Waals surface area contributed by atoms with E-state index in [1.165, 1.54) is 5.56 Å². The molecular weight excluding hydrogens is 241 g/mol. The van der Waals surface area contributed by atoms with Crippen LogP contribution in [0.4, 0.5) is 4.39 Å². The summed E-state index contributed by atoms with van der Waals surface area (Å²) in [5, 5.41) is 10.5. The van der Waals surface area contributed by atoms with E-state index in [0.717, 1.165) is 30.0 Å². The molecule has 0 bridgehead atoms. The molecule has 4 heteroatoms. The van der Waals surface area contributed by atoms with E-state index in [1.54, 1.807) is 13.8 Å². The van der Waals surface area contributed by atoms with Gasteiger partial charge in [0, 0.05) is 24.3 Å². The minimum absolute atomic E-state index is 0.106. The van der Waals surface area contributed by atoms with Crippen LogP contribution in [0.5, 0.6) is 0 Å². The Morgan fingerprint density at radius 1 is 1.11 bits per heavy atom. The van der Waals surface area contributed by atoms with Crippen molar-refractivity contribution in [2.45, 2.75) is 40.8 Å². The third kappa shape index (κ3) is 3.01. The Bertz CT molecular complexity index is 545. The van der Waals surface area contributed by atoms with Crippen molar-refractivity contribution in [3.05, 3.63) is 51.6 Å². The Morgan fingerprint density at radius 3 is 2.26 bits per heavy atom. The van der Waals surface area contributed by atoms with Crippen LogP contribution in [0.25, 0.3) is 0 Å². The van der Waals surface area contributed by atoms with Gasteiger partial charge in [0.15, 0.2) is 0 Å². The minimum atomic E-state index is -0.106. The molecule has 0 spiro atoms. The Kier molecular flexibility index (Phi) is 4.00. The van der Waals surface area contributed by atoms with Gasteiger partial charge in [0.2, 0.25) is 0 Å². The molecule has 2 aromatic rings. The summed E-state index contributed by atoms with van der Waals surface area (Å²) in [6.45, 7) is 9.11. The first-order valence-electron chi connectivity index (χ1n) is 6.46. The Balaban J connectivity index is 2.00. The van der Waals surface area contributed by atoms with Crippen LogP contribution in [0.15, 0.2) is 12.1 Å². The lowest BCUT2D eigenvalue weighted by Gasteiger charge is -2.08. The van der Waals surface area contributed by atoms with E-state index in [2.05, 4.69) is 15.5 Å². The maximum Gasteiger partial charge on any atom is 0.129 e. The standard InChI is InChI=1S/C15H20FN3/c1-9-5-13(6-10(2)15(9)16)7-17-8-14-11(3)18-19-12(14)4/h5-6,17H,7-8H2,1-4H3,(H,18,19). The van der Waals surface area contributed by atoms with Crippen molar-refractivity contribution in [2.24, 2.45) is 0 Å². The summed E-state index contributed by atoms with van der Waals surface area (Å²) >= 11 is 0. The van der Waals surface area contributed by atoms with Gasteiger partial charge in [0.1, 0.15) is 5.82 Å². The van der Waals surface area contributed by atoms with Crippen molar-refractivity contribution in [1.29, 1.82) is 0 Å². The van der Waals surface area contributed by atoms with Crippen molar-refractivity contribution in [2.75, 3.05) is 0 Å². The third-order valence-corrected chi connectivity index (χ3v) is 3.41. The number of H-pyrrole nitrogens is 1. The van der Waals surface area contributed by atoms with Crippen molar-refractivity contribution in [1.82, 2.24) is 15.5 Å². The lowest BCUT2D eigenvalue weighted by atomic mass is 10.1. The number of aromatic nitrogens is 2. The SMILES string of the molecule is Cc1cc(CNCc2c(C)n[nH]c2C)cc(C)c1F.